The van der Waals surface area contributed by atoms with Crippen LogP contribution in [-0.2, 0) is 6.54 Å². The summed E-state index contributed by atoms with van der Waals surface area (Å²) < 4.78 is 13.9. The molecule has 0 saturated carbocycles. The zero-order chi connectivity index (χ0) is 13.1. The second-order valence-corrected chi connectivity index (χ2v) is 6.12. The van der Waals surface area contributed by atoms with E-state index in [1.54, 1.807) is 6.07 Å². The van der Waals surface area contributed by atoms with E-state index in [4.69, 9.17) is 0 Å². The number of likely N-dealkylation sites (tertiary alicyclic amines) is 1. The third kappa shape index (κ3) is 3.53. The van der Waals surface area contributed by atoms with E-state index in [9.17, 15) is 4.39 Å². The highest BCUT2D eigenvalue weighted by Gasteiger charge is 2.25. The summed E-state index contributed by atoms with van der Waals surface area (Å²) in [5.41, 5.74) is 1.17. The number of nitrogens with zero attached hydrogens (tertiary/aromatic N) is 2. The SMILES string of the molecule is CN(C)CC1CCCN1Cc1ccc(F)cc1Br. The Kier molecular flexibility index (Phi) is 4.76. The summed E-state index contributed by atoms with van der Waals surface area (Å²) in [6, 6.07) is 5.59. The molecule has 0 aromatic heterocycles. The van der Waals surface area contributed by atoms with Gasteiger partial charge < -0.3 is 4.90 Å². The molecule has 4 heteroatoms. The highest BCUT2D eigenvalue weighted by atomic mass is 79.9. The van der Waals surface area contributed by atoms with Crippen LogP contribution in [0.15, 0.2) is 22.7 Å². The van der Waals surface area contributed by atoms with Crippen LogP contribution in [0, 0.1) is 5.82 Å². The number of hydrogen-bond acceptors (Lipinski definition) is 2. The third-order valence-electron chi connectivity index (χ3n) is 3.46. The molecule has 2 rings (SSSR count). The van der Waals surface area contributed by atoms with E-state index in [1.807, 2.05) is 6.07 Å². The van der Waals surface area contributed by atoms with Gasteiger partial charge in [0, 0.05) is 23.6 Å². The number of likely N-dealkylation sites (N-methyl/N-ethyl adjacent to an activating group) is 1. The molecule has 0 amide bonds. The van der Waals surface area contributed by atoms with E-state index in [-0.39, 0.29) is 5.82 Å². The molecular weight excluding hydrogens is 295 g/mol. The summed E-state index contributed by atoms with van der Waals surface area (Å²) in [7, 11) is 4.23. The molecule has 0 radical (unpaired) electrons. The second kappa shape index (κ2) is 6.13. The van der Waals surface area contributed by atoms with Crippen molar-refractivity contribution in [2.24, 2.45) is 0 Å². The Morgan fingerprint density at radius 3 is 2.89 bits per heavy atom. The Balaban J connectivity index is 2.03. The van der Waals surface area contributed by atoms with Gasteiger partial charge in [-0.15, -0.1) is 0 Å². The monoisotopic (exact) mass is 314 g/mol. The number of hydrogen-bond donors (Lipinski definition) is 0. The molecule has 1 atom stereocenters. The fraction of sp³-hybridized carbons (Fsp3) is 0.571. The van der Waals surface area contributed by atoms with Crippen molar-refractivity contribution in [3.63, 3.8) is 0 Å². The molecular formula is C14H20BrFN2. The van der Waals surface area contributed by atoms with Crippen LogP contribution >= 0.6 is 15.9 Å². The van der Waals surface area contributed by atoms with E-state index < -0.39 is 0 Å². The van der Waals surface area contributed by atoms with E-state index >= 15 is 0 Å². The summed E-state index contributed by atoms with van der Waals surface area (Å²) in [5.74, 6) is -0.183. The van der Waals surface area contributed by atoms with Gasteiger partial charge in [0.05, 0.1) is 0 Å². The molecule has 1 saturated heterocycles. The van der Waals surface area contributed by atoms with Gasteiger partial charge in [-0.1, -0.05) is 22.0 Å². The van der Waals surface area contributed by atoms with Crippen LogP contribution in [0.4, 0.5) is 4.39 Å². The average Bonchev–Trinajstić information content (AvgIpc) is 2.69. The molecule has 100 valence electrons. The van der Waals surface area contributed by atoms with Crippen LogP contribution in [0.3, 0.4) is 0 Å². The van der Waals surface area contributed by atoms with Gasteiger partial charge in [0.1, 0.15) is 5.82 Å². The Hall–Kier alpha value is -0.450. The first-order valence-corrected chi connectivity index (χ1v) is 7.18. The smallest absolute Gasteiger partial charge is 0.124 e. The Morgan fingerprint density at radius 2 is 2.22 bits per heavy atom. The highest BCUT2D eigenvalue weighted by Crippen LogP contribution is 2.24. The molecule has 1 unspecified atom stereocenters. The summed E-state index contributed by atoms with van der Waals surface area (Å²) in [6.45, 7) is 3.14. The van der Waals surface area contributed by atoms with Crippen LogP contribution in [0.5, 0.6) is 0 Å². The maximum atomic E-state index is 13.1. The van der Waals surface area contributed by atoms with Gasteiger partial charge in [-0.25, -0.2) is 4.39 Å². The van der Waals surface area contributed by atoms with E-state index in [0.29, 0.717) is 6.04 Å². The minimum absolute atomic E-state index is 0.183. The molecule has 0 bridgehead atoms. The van der Waals surface area contributed by atoms with Crippen molar-refractivity contribution in [3.8, 4) is 0 Å². The number of benzene rings is 1. The van der Waals surface area contributed by atoms with Crippen molar-refractivity contribution in [1.29, 1.82) is 0 Å². The Bertz CT molecular complexity index is 409. The molecule has 1 heterocycles. The van der Waals surface area contributed by atoms with Crippen LogP contribution in [0.25, 0.3) is 0 Å². The quantitative estimate of drug-likeness (QED) is 0.842. The van der Waals surface area contributed by atoms with Crippen LogP contribution in [0.2, 0.25) is 0 Å². The fourth-order valence-electron chi connectivity index (χ4n) is 2.60. The van der Waals surface area contributed by atoms with Gasteiger partial charge in [0.15, 0.2) is 0 Å². The zero-order valence-electron chi connectivity index (χ0n) is 11.0. The van der Waals surface area contributed by atoms with Gasteiger partial charge >= 0.3 is 0 Å². The molecule has 18 heavy (non-hydrogen) atoms. The molecule has 2 nitrogen and oxygen atoms in total. The van der Waals surface area contributed by atoms with Gasteiger partial charge in [-0.05, 0) is 51.2 Å². The largest absolute Gasteiger partial charge is 0.308 e. The standard InChI is InChI=1S/C14H20BrFN2/c1-17(2)10-13-4-3-7-18(13)9-11-5-6-12(16)8-14(11)15/h5-6,8,13H,3-4,7,9-10H2,1-2H3. The lowest BCUT2D eigenvalue weighted by Crippen LogP contribution is -2.37. The first kappa shape index (κ1) is 14.0. The second-order valence-electron chi connectivity index (χ2n) is 5.26. The Labute approximate surface area is 117 Å². The van der Waals surface area contributed by atoms with Gasteiger partial charge in [0.2, 0.25) is 0 Å². The average molecular weight is 315 g/mol. The van der Waals surface area contributed by atoms with Crippen molar-refractivity contribution in [1.82, 2.24) is 9.80 Å². The van der Waals surface area contributed by atoms with Gasteiger partial charge in [-0.3, -0.25) is 4.90 Å². The molecule has 1 aromatic rings. The lowest BCUT2D eigenvalue weighted by atomic mass is 10.1. The molecule has 1 fully saturated rings. The summed E-state index contributed by atoms with van der Waals surface area (Å²) in [5, 5.41) is 0. The maximum absolute atomic E-state index is 13.1. The predicted octanol–water partition coefficient (Wildman–Crippen LogP) is 3.11. The van der Waals surface area contributed by atoms with E-state index in [2.05, 4.69) is 39.8 Å². The first-order chi connectivity index (χ1) is 8.56. The normalized spacial score (nSPS) is 20.8. The molecule has 1 aromatic carbocycles. The summed E-state index contributed by atoms with van der Waals surface area (Å²) in [6.07, 6.45) is 2.52. The third-order valence-corrected chi connectivity index (χ3v) is 4.20. The molecule has 0 spiro atoms. The van der Waals surface area contributed by atoms with Crippen molar-refractivity contribution < 1.29 is 4.39 Å². The highest BCUT2D eigenvalue weighted by molar-refractivity contribution is 9.10. The van der Waals surface area contributed by atoms with Crippen LogP contribution in [0.1, 0.15) is 18.4 Å². The van der Waals surface area contributed by atoms with E-state index in [0.717, 1.165) is 24.1 Å². The van der Waals surface area contributed by atoms with Crippen molar-refractivity contribution >= 4 is 15.9 Å². The minimum atomic E-state index is -0.183. The zero-order valence-corrected chi connectivity index (χ0v) is 12.6. The predicted molar refractivity (Wildman–Crippen MR) is 76.1 cm³/mol. The van der Waals surface area contributed by atoms with Crippen molar-refractivity contribution in [2.45, 2.75) is 25.4 Å². The van der Waals surface area contributed by atoms with Crippen molar-refractivity contribution in [2.75, 3.05) is 27.2 Å². The minimum Gasteiger partial charge on any atom is -0.308 e. The van der Waals surface area contributed by atoms with Gasteiger partial charge in [-0.2, -0.15) is 0 Å². The first-order valence-electron chi connectivity index (χ1n) is 6.39. The van der Waals surface area contributed by atoms with Crippen LogP contribution in [-0.4, -0.2) is 43.0 Å². The van der Waals surface area contributed by atoms with E-state index in [1.165, 1.54) is 24.5 Å². The summed E-state index contributed by atoms with van der Waals surface area (Å²) in [4.78, 5) is 4.74. The fourth-order valence-corrected chi connectivity index (χ4v) is 3.08. The summed E-state index contributed by atoms with van der Waals surface area (Å²) >= 11 is 3.45. The Morgan fingerprint density at radius 1 is 1.44 bits per heavy atom. The number of rotatable bonds is 4. The van der Waals surface area contributed by atoms with Crippen LogP contribution < -0.4 is 0 Å². The van der Waals surface area contributed by atoms with Crippen molar-refractivity contribution in [3.05, 3.63) is 34.1 Å². The number of halogens is 2. The molecule has 1 aliphatic rings. The molecule has 1 aliphatic heterocycles. The topological polar surface area (TPSA) is 6.48 Å². The maximum Gasteiger partial charge on any atom is 0.124 e. The molecule has 0 aliphatic carbocycles. The lowest BCUT2D eigenvalue weighted by molar-refractivity contribution is 0.200. The molecule has 0 N–H and O–H groups in total. The van der Waals surface area contributed by atoms with Gasteiger partial charge in [0.25, 0.3) is 0 Å². The lowest BCUT2D eigenvalue weighted by Gasteiger charge is -2.27.